The van der Waals surface area contributed by atoms with Crippen LogP contribution in [0.25, 0.3) is 0 Å². The molecular formula is C11H23NOS. The highest BCUT2D eigenvalue weighted by atomic mass is 32.1. The van der Waals surface area contributed by atoms with Gasteiger partial charge in [0.1, 0.15) is 0 Å². The van der Waals surface area contributed by atoms with Crippen LogP contribution in [0, 0.1) is 5.92 Å². The lowest BCUT2D eigenvalue weighted by Crippen LogP contribution is -2.31. The molecule has 0 heterocycles. The summed E-state index contributed by atoms with van der Waals surface area (Å²) in [5.74, 6) is 1.76. The molecule has 0 amide bonds. The standard InChI is InChI=1S/C11H23NOS/c1-10(5-9-14)4-6-12(7-8-13)11-2-3-11/h10-11,13-14H,2-9H2,1H3. The first-order valence-electron chi connectivity index (χ1n) is 5.73. The third-order valence-corrected chi connectivity index (χ3v) is 3.24. The van der Waals surface area contributed by atoms with Crippen molar-refractivity contribution in [2.45, 2.75) is 38.6 Å². The molecule has 1 rings (SSSR count). The van der Waals surface area contributed by atoms with E-state index in [-0.39, 0.29) is 0 Å². The molecule has 1 fully saturated rings. The van der Waals surface area contributed by atoms with Crippen LogP contribution < -0.4 is 0 Å². The van der Waals surface area contributed by atoms with Crippen LogP contribution in [0.4, 0.5) is 0 Å². The number of nitrogens with zero attached hydrogens (tertiary/aromatic N) is 1. The molecule has 0 aromatic carbocycles. The van der Waals surface area contributed by atoms with Crippen molar-refractivity contribution in [3.05, 3.63) is 0 Å². The van der Waals surface area contributed by atoms with Gasteiger partial charge in [0.2, 0.25) is 0 Å². The van der Waals surface area contributed by atoms with Crippen molar-refractivity contribution in [2.24, 2.45) is 5.92 Å². The summed E-state index contributed by atoms with van der Waals surface area (Å²) in [4.78, 5) is 2.44. The van der Waals surface area contributed by atoms with Crippen LogP contribution in [0.5, 0.6) is 0 Å². The maximum Gasteiger partial charge on any atom is 0.0558 e. The van der Waals surface area contributed by atoms with E-state index in [0.717, 1.165) is 30.8 Å². The van der Waals surface area contributed by atoms with Gasteiger partial charge in [0.05, 0.1) is 6.61 Å². The van der Waals surface area contributed by atoms with Crippen molar-refractivity contribution < 1.29 is 5.11 Å². The van der Waals surface area contributed by atoms with Crippen molar-refractivity contribution in [1.82, 2.24) is 4.90 Å². The van der Waals surface area contributed by atoms with Gasteiger partial charge in [-0.25, -0.2) is 0 Å². The van der Waals surface area contributed by atoms with E-state index in [0.29, 0.717) is 6.61 Å². The number of hydrogen-bond donors (Lipinski definition) is 2. The van der Waals surface area contributed by atoms with Crippen LogP contribution in [-0.2, 0) is 0 Å². The fourth-order valence-electron chi connectivity index (χ4n) is 1.80. The number of rotatable bonds is 8. The summed E-state index contributed by atoms with van der Waals surface area (Å²) in [6.07, 6.45) is 5.12. The van der Waals surface area contributed by atoms with Crippen molar-refractivity contribution >= 4 is 12.6 Å². The molecule has 1 aliphatic rings. The summed E-state index contributed by atoms with van der Waals surface area (Å²) in [6.45, 7) is 4.61. The molecule has 14 heavy (non-hydrogen) atoms. The smallest absolute Gasteiger partial charge is 0.0558 e. The van der Waals surface area contributed by atoms with E-state index in [1.165, 1.54) is 25.7 Å². The zero-order chi connectivity index (χ0) is 10.4. The maximum atomic E-state index is 8.93. The third kappa shape index (κ3) is 4.67. The van der Waals surface area contributed by atoms with E-state index in [2.05, 4.69) is 24.5 Å². The molecule has 0 aromatic rings. The number of thiol groups is 1. The normalized spacial score (nSPS) is 18.9. The summed E-state index contributed by atoms with van der Waals surface area (Å²) in [5, 5.41) is 8.93. The quantitative estimate of drug-likeness (QED) is 0.606. The lowest BCUT2D eigenvalue weighted by Gasteiger charge is -2.22. The largest absolute Gasteiger partial charge is 0.395 e. The summed E-state index contributed by atoms with van der Waals surface area (Å²) in [7, 11) is 0. The Morgan fingerprint density at radius 3 is 2.57 bits per heavy atom. The van der Waals surface area contributed by atoms with Crippen molar-refractivity contribution in [1.29, 1.82) is 0 Å². The molecule has 1 unspecified atom stereocenters. The van der Waals surface area contributed by atoms with Gasteiger partial charge in [-0.2, -0.15) is 12.6 Å². The molecule has 0 bridgehead atoms. The lowest BCUT2D eigenvalue weighted by molar-refractivity contribution is 0.181. The molecule has 84 valence electrons. The fourth-order valence-corrected chi connectivity index (χ4v) is 2.24. The van der Waals surface area contributed by atoms with Gasteiger partial charge in [-0.1, -0.05) is 6.92 Å². The Bertz CT molecular complexity index is 150. The summed E-state index contributed by atoms with van der Waals surface area (Å²) in [5.41, 5.74) is 0. The molecule has 1 aliphatic carbocycles. The highest BCUT2D eigenvalue weighted by Crippen LogP contribution is 2.27. The first-order chi connectivity index (χ1) is 6.77. The lowest BCUT2D eigenvalue weighted by atomic mass is 10.1. The zero-order valence-electron chi connectivity index (χ0n) is 9.15. The van der Waals surface area contributed by atoms with Crippen molar-refractivity contribution in [3.63, 3.8) is 0 Å². The Morgan fingerprint density at radius 2 is 2.07 bits per heavy atom. The Morgan fingerprint density at radius 1 is 1.36 bits per heavy atom. The Labute approximate surface area is 93.1 Å². The fraction of sp³-hybridized carbons (Fsp3) is 1.00. The van der Waals surface area contributed by atoms with Crippen LogP contribution in [0.3, 0.4) is 0 Å². The van der Waals surface area contributed by atoms with Crippen LogP contribution in [-0.4, -0.2) is 41.5 Å². The number of aliphatic hydroxyl groups is 1. The highest BCUT2D eigenvalue weighted by Gasteiger charge is 2.28. The third-order valence-electron chi connectivity index (χ3n) is 2.98. The summed E-state index contributed by atoms with van der Waals surface area (Å²) in [6, 6.07) is 0.783. The average molecular weight is 217 g/mol. The second-order valence-electron chi connectivity index (χ2n) is 4.40. The SMILES string of the molecule is CC(CCS)CCN(CCO)C1CC1. The van der Waals surface area contributed by atoms with E-state index < -0.39 is 0 Å². The minimum Gasteiger partial charge on any atom is -0.395 e. The zero-order valence-corrected chi connectivity index (χ0v) is 10.0. The van der Waals surface area contributed by atoms with E-state index in [1.54, 1.807) is 0 Å². The first-order valence-corrected chi connectivity index (χ1v) is 6.37. The van der Waals surface area contributed by atoms with Crippen LogP contribution in [0.2, 0.25) is 0 Å². The van der Waals surface area contributed by atoms with Gasteiger partial charge < -0.3 is 5.11 Å². The van der Waals surface area contributed by atoms with Crippen LogP contribution >= 0.6 is 12.6 Å². The molecule has 1 N–H and O–H groups in total. The predicted molar refractivity (Wildman–Crippen MR) is 63.9 cm³/mol. The second kappa shape index (κ2) is 6.70. The van der Waals surface area contributed by atoms with E-state index in [1.807, 2.05) is 0 Å². The van der Waals surface area contributed by atoms with Gasteiger partial charge in [0.15, 0.2) is 0 Å². The van der Waals surface area contributed by atoms with Gasteiger partial charge in [-0.05, 0) is 43.9 Å². The average Bonchev–Trinajstić information content (AvgIpc) is 2.96. The Hall–Kier alpha value is 0.270. The van der Waals surface area contributed by atoms with Crippen LogP contribution in [0.1, 0.15) is 32.6 Å². The highest BCUT2D eigenvalue weighted by molar-refractivity contribution is 7.80. The van der Waals surface area contributed by atoms with Gasteiger partial charge in [-0.15, -0.1) is 0 Å². The Kier molecular flexibility index (Phi) is 5.90. The molecule has 0 saturated heterocycles. The first kappa shape index (κ1) is 12.3. The number of hydrogen-bond acceptors (Lipinski definition) is 3. The van der Waals surface area contributed by atoms with Crippen LogP contribution in [0.15, 0.2) is 0 Å². The summed E-state index contributed by atoms with van der Waals surface area (Å²) >= 11 is 4.25. The van der Waals surface area contributed by atoms with Gasteiger partial charge in [0, 0.05) is 12.6 Å². The van der Waals surface area contributed by atoms with E-state index in [4.69, 9.17) is 5.11 Å². The van der Waals surface area contributed by atoms with Gasteiger partial charge in [-0.3, -0.25) is 4.90 Å². The molecule has 2 nitrogen and oxygen atoms in total. The molecular weight excluding hydrogens is 194 g/mol. The minimum atomic E-state index is 0.303. The predicted octanol–water partition coefficient (Wildman–Crippen LogP) is 1.79. The molecule has 0 aromatic heterocycles. The molecule has 0 aliphatic heterocycles. The molecule has 1 atom stereocenters. The molecule has 0 spiro atoms. The topological polar surface area (TPSA) is 23.5 Å². The van der Waals surface area contributed by atoms with Gasteiger partial charge >= 0.3 is 0 Å². The monoisotopic (exact) mass is 217 g/mol. The molecule has 1 saturated carbocycles. The summed E-state index contributed by atoms with van der Waals surface area (Å²) < 4.78 is 0. The minimum absolute atomic E-state index is 0.303. The second-order valence-corrected chi connectivity index (χ2v) is 4.84. The maximum absolute atomic E-state index is 8.93. The van der Waals surface area contributed by atoms with Crippen molar-refractivity contribution in [3.8, 4) is 0 Å². The van der Waals surface area contributed by atoms with Crippen molar-refractivity contribution in [2.75, 3.05) is 25.4 Å². The Balaban J connectivity index is 2.12. The molecule has 0 radical (unpaired) electrons. The van der Waals surface area contributed by atoms with E-state index >= 15 is 0 Å². The molecule has 3 heteroatoms. The van der Waals surface area contributed by atoms with E-state index in [9.17, 15) is 0 Å². The van der Waals surface area contributed by atoms with Gasteiger partial charge in [0.25, 0.3) is 0 Å². The number of aliphatic hydroxyl groups excluding tert-OH is 1.